The van der Waals surface area contributed by atoms with E-state index in [4.69, 9.17) is 16.7 Å². The predicted molar refractivity (Wildman–Crippen MR) is 120 cm³/mol. The van der Waals surface area contributed by atoms with E-state index in [-0.39, 0.29) is 21.9 Å². The molecule has 7 nitrogen and oxygen atoms in total. The molecule has 4 rings (SSSR count). The van der Waals surface area contributed by atoms with Crippen LogP contribution in [0, 0.1) is 0 Å². The molecule has 0 unspecified atom stereocenters. The number of carbonyl (C=O) groups is 2. The minimum absolute atomic E-state index is 0.0842. The van der Waals surface area contributed by atoms with Gasteiger partial charge in [-0.1, -0.05) is 54.1 Å². The Morgan fingerprint density at radius 3 is 2.06 bits per heavy atom. The van der Waals surface area contributed by atoms with Gasteiger partial charge in [0.05, 0.1) is 16.5 Å². The molecule has 1 fully saturated rings. The highest BCUT2D eigenvalue weighted by Gasteiger charge is 2.47. The number of aliphatic hydroxyl groups excluding tert-OH is 1. The Labute approximate surface area is 189 Å². The first kappa shape index (κ1) is 21.8. The maximum atomic E-state index is 13.0. The molecule has 32 heavy (non-hydrogen) atoms. The Kier molecular flexibility index (Phi) is 5.60. The number of amides is 1. The van der Waals surface area contributed by atoms with Gasteiger partial charge >= 0.3 is 0 Å². The lowest BCUT2D eigenvalue weighted by Crippen LogP contribution is -2.29. The van der Waals surface area contributed by atoms with Gasteiger partial charge < -0.3 is 5.11 Å². The molecular weight excluding hydrogens is 452 g/mol. The Morgan fingerprint density at radius 1 is 0.906 bits per heavy atom. The molecule has 3 aromatic carbocycles. The minimum Gasteiger partial charge on any atom is -0.507 e. The average Bonchev–Trinajstić information content (AvgIpc) is 3.04. The number of hydrogen-bond donors (Lipinski definition) is 2. The van der Waals surface area contributed by atoms with E-state index in [1.807, 2.05) is 0 Å². The second-order valence-electron chi connectivity index (χ2n) is 7.13. The lowest BCUT2D eigenvalue weighted by molar-refractivity contribution is -0.132. The summed E-state index contributed by atoms with van der Waals surface area (Å²) in [6.45, 7) is 0. The molecule has 1 aliphatic rings. The Hall–Kier alpha value is -3.46. The van der Waals surface area contributed by atoms with Crippen molar-refractivity contribution in [3.63, 3.8) is 0 Å². The number of hydrogen-bond acceptors (Lipinski definition) is 5. The number of nitrogens with two attached hydrogens (primary N) is 1. The van der Waals surface area contributed by atoms with Crippen molar-refractivity contribution in [1.29, 1.82) is 0 Å². The van der Waals surface area contributed by atoms with E-state index >= 15 is 0 Å². The maximum Gasteiger partial charge on any atom is 0.300 e. The van der Waals surface area contributed by atoms with Crippen molar-refractivity contribution in [3.05, 3.63) is 101 Å². The normalized spacial score (nSPS) is 18.2. The second kappa shape index (κ2) is 8.23. The van der Waals surface area contributed by atoms with Crippen molar-refractivity contribution in [2.24, 2.45) is 5.14 Å². The zero-order valence-electron chi connectivity index (χ0n) is 16.5. The van der Waals surface area contributed by atoms with Crippen LogP contribution in [-0.2, 0) is 19.6 Å². The Balaban J connectivity index is 1.92. The number of Topliss-reactive ketones (excluding diaryl/α,β-unsaturated/α-hetero) is 1. The highest BCUT2D eigenvalue weighted by atomic mass is 35.5. The standard InChI is InChI=1S/C23H17ClN2O5S/c24-16-8-6-14(7-9-16)20-19(21(27)15-4-2-1-3-5-15)22(28)23(29)26(20)17-10-12-18(13-11-17)32(25,30)31/h1-13,20,27H,(H2,25,30,31)/t20-/m0/s1. The van der Waals surface area contributed by atoms with Crippen LogP contribution in [0.15, 0.2) is 89.3 Å². The highest BCUT2D eigenvalue weighted by molar-refractivity contribution is 7.89. The molecule has 1 atom stereocenters. The van der Waals surface area contributed by atoms with Gasteiger partial charge in [0.2, 0.25) is 10.0 Å². The molecule has 0 radical (unpaired) electrons. The van der Waals surface area contributed by atoms with Crippen molar-refractivity contribution >= 4 is 44.8 Å². The van der Waals surface area contributed by atoms with E-state index in [1.165, 1.54) is 29.2 Å². The molecule has 1 amide bonds. The van der Waals surface area contributed by atoms with E-state index in [0.717, 1.165) is 0 Å². The molecule has 0 aromatic heterocycles. The van der Waals surface area contributed by atoms with Crippen LogP contribution in [0.5, 0.6) is 0 Å². The lowest BCUT2D eigenvalue weighted by Gasteiger charge is -2.25. The second-order valence-corrected chi connectivity index (χ2v) is 9.12. The van der Waals surface area contributed by atoms with Crippen LogP contribution in [0.3, 0.4) is 0 Å². The van der Waals surface area contributed by atoms with E-state index < -0.39 is 27.8 Å². The molecule has 3 N–H and O–H groups in total. The molecule has 1 heterocycles. The maximum absolute atomic E-state index is 13.0. The Bertz CT molecular complexity index is 1340. The number of rotatable bonds is 4. The monoisotopic (exact) mass is 468 g/mol. The fraction of sp³-hybridized carbons (Fsp3) is 0.0435. The molecule has 162 valence electrons. The molecule has 0 saturated carbocycles. The number of aliphatic hydroxyl groups is 1. The average molecular weight is 469 g/mol. The first-order chi connectivity index (χ1) is 15.2. The van der Waals surface area contributed by atoms with Crippen molar-refractivity contribution in [2.75, 3.05) is 4.90 Å². The van der Waals surface area contributed by atoms with Gasteiger partial charge in [-0.3, -0.25) is 14.5 Å². The third kappa shape index (κ3) is 3.91. The van der Waals surface area contributed by atoms with E-state index in [1.54, 1.807) is 54.6 Å². The lowest BCUT2D eigenvalue weighted by atomic mass is 9.95. The van der Waals surface area contributed by atoms with Crippen molar-refractivity contribution in [2.45, 2.75) is 10.9 Å². The summed E-state index contributed by atoms with van der Waals surface area (Å²) in [5, 5.41) is 16.6. The van der Waals surface area contributed by atoms with Crippen molar-refractivity contribution < 1.29 is 23.1 Å². The van der Waals surface area contributed by atoms with Crippen LogP contribution in [-0.4, -0.2) is 25.2 Å². The van der Waals surface area contributed by atoms with Crippen LogP contribution in [0.4, 0.5) is 5.69 Å². The number of carbonyl (C=O) groups excluding carboxylic acids is 2. The Morgan fingerprint density at radius 2 is 1.50 bits per heavy atom. The largest absolute Gasteiger partial charge is 0.507 e. The first-order valence-corrected chi connectivity index (χ1v) is 11.4. The van der Waals surface area contributed by atoms with Gasteiger partial charge in [0.25, 0.3) is 11.7 Å². The third-order valence-electron chi connectivity index (χ3n) is 5.12. The summed E-state index contributed by atoms with van der Waals surface area (Å²) in [6, 6.07) is 19.3. The zero-order valence-corrected chi connectivity index (χ0v) is 18.0. The summed E-state index contributed by atoms with van der Waals surface area (Å²) < 4.78 is 23.2. The summed E-state index contributed by atoms with van der Waals surface area (Å²) >= 11 is 6.01. The molecule has 9 heteroatoms. The fourth-order valence-electron chi connectivity index (χ4n) is 3.61. The quantitative estimate of drug-likeness (QED) is 0.344. The molecule has 3 aromatic rings. The van der Waals surface area contributed by atoms with Crippen LogP contribution in [0.1, 0.15) is 17.2 Å². The SMILES string of the molecule is NS(=O)(=O)c1ccc(N2C(=O)C(=O)C(=C(O)c3ccccc3)[C@@H]2c2ccc(Cl)cc2)cc1. The predicted octanol–water partition coefficient (Wildman–Crippen LogP) is 3.61. The molecule has 1 aliphatic heterocycles. The van der Waals surface area contributed by atoms with Gasteiger partial charge in [-0.15, -0.1) is 0 Å². The molecule has 0 spiro atoms. The number of sulfonamides is 1. The number of anilines is 1. The summed E-state index contributed by atoms with van der Waals surface area (Å²) in [5.41, 5.74) is 1.11. The highest BCUT2D eigenvalue weighted by Crippen LogP contribution is 2.42. The van der Waals surface area contributed by atoms with E-state index in [9.17, 15) is 23.1 Å². The van der Waals surface area contributed by atoms with Crippen molar-refractivity contribution in [3.8, 4) is 0 Å². The van der Waals surface area contributed by atoms with Gasteiger partial charge in [-0.05, 0) is 42.0 Å². The molecule has 0 bridgehead atoms. The topological polar surface area (TPSA) is 118 Å². The number of halogens is 1. The number of nitrogens with zero attached hydrogens (tertiary/aromatic N) is 1. The smallest absolute Gasteiger partial charge is 0.300 e. The van der Waals surface area contributed by atoms with Crippen LogP contribution in [0.2, 0.25) is 5.02 Å². The summed E-state index contributed by atoms with van der Waals surface area (Å²) in [7, 11) is -3.93. The number of ketones is 1. The summed E-state index contributed by atoms with van der Waals surface area (Å²) in [6.07, 6.45) is 0. The van der Waals surface area contributed by atoms with Crippen LogP contribution >= 0.6 is 11.6 Å². The van der Waals surface area contributed by atoms with Gasteiger partial charge in [0.15, 0.2) is 0 Å². The number of benzene rings is 3. The van der Waals surface area contributed by atoms with Gasteiger partial charge in [0.1, 0.15) is 5.76 Å². The summed E-state index contributed by atoms with van der Waals surface area (Å²) in [4.78, 5) is 27.2. The van der Waals surface area contributed by atoms with Gasteiger partial charge in [-0.2, -0.15) is 0 Å². The van der Waals surface area contributed by atoms with Crippen LogP contribution < -0.4 is 10.0 Å². The van der Waals surface area contributed by atoms with Crippen molar-refractivity contribution in [1.82, 2.24) is 0 Å². The van der Waals surface area contributed by atoms with E-state index in [2.05, 4.69) is 0 Å². The zero-order chi connectivity index (χ0) is 23.0. The molecule has 0 aliphatic carbocycles. The molecule has 1 saturated heterocycles. The van der Waals surface area contributed by atoms with Gasteiger partial charge in [0, 0.05) is 16.3 Å². The minimum atomic E-state index is -3.93. The number of primary sulfonamides is 1. The van der Waals surface area contributed by atoms with Gasteiger partial charge in [-0.25, -0.2) is 13.6 Å². The molecular formula is C23H17ClN2O5S. The van der Waals surface area contributed by atoms with E-state index in [0.29, 0.717) is 16.1 Å². The fourth-order valence-corrected chi connectivity index (χ4v) is 4.25. The first-order valence-electron chi connectivity index (χ1n) is 9.43. The third-order valence-corrected chi connectivity index (χ3v) is 6.30. The van der Waals surface area contributed by atoms with Crippen LogP contribution in [0.25, 0.3) is 5.76 Å². The summed E-state index contributed by atoms with van der Waals surface area (Å²) in [5.74, 6) is -2.03.